The Morgan fingerprint density at radius 3 is 2.32 bits per heavy atom. The zero-order chi connectivity index (χ0) is 13.2. The van der Waals surface area contributed by atoms with Crippen LogP contribution in [0, 0.1) is 5.41 Å². The van der Waals surface area contributed by atoms with Crippen LogP contribution in [0.1, 0.15) is 71.1 Å². The zero-order valence-corrected chi connectivity index (χ0v) is 12.8. The predicted octanol–water partition coefficient (Wildman–Crippen LogP) is 3.56. The number of hydrogen-bond donors (Lipinski definition) is 1. The Bertz CT molecular complexity index is 282. The molecule has 0 bridgehead atoms. The lowest BCUT2D eigenvalue weighted by Gasteiger charge is -2.48. The molecule has 2 aliphatic carbocycles. The molecule has 0 radical (unpaired) electrons. The lowest BCUT2D eigenvalue weighted by Crippen LogP contribution is -2.62. The second kappa shape index (κ2) is 5.73. The van der Waals surface area contributed by atoms with Gasteiger partial charge in [-0.15, -0.1) is 0 Å². The summed E-state index contributed by atoms with van der Waals surface area (Å²) in [4.78, 5) is 2.82. The van der Waals surface area contributed by atoms with Gasteiger partial charge in [0.15, 0.2) is 0 Å². The fourth-order valence-corrected chi connectivity index (χ4v) is 4.96. The largest absolute Gasteiger partial charge is 0.309 e. The van der Waals surface area contributed by atoms with Gasteiger partial charge in [0, 0.05) is 31.7 Å². The highest BCUT2D eigenvalue weighted by Crippen LogP contribution is 2.42. The van der Waals surface area contributed by atoms with Gasteiger partial charge in [0.05, 0.1) is 0 Å². The molecule has 1 N–H and O–H groups in total. The molecule has 19 heavy (non-hydrogen) atoms. The van der Waals surface area contributed by atoms with Crippen molar-refractivity contribution in [2.45, 2.75) is 76.7 Å². The van der Waals surface area contributed by atoms with Crippen LogP contribution in [-0.4, -0.2) is 36.6 Å². The molecule has 1 aliphatic heterocycles. The molecule has 1 saturated heterocycles. The number of hydrogen-bond acceptors (Lipinski definition) is 2. The van der Waals surface area contributed by atoms with Crippen molar-refractivity contribution in [1.29, 1.82) is 0 Å². The van der Waals surface area contributed by atoms with Crippen molar-refractivity contribution >= 4 is 0 Å². The molecule has 0 unspecified atom stereocenters. The molecular formula is C17H32N2. The second-order valence-electron chi connectivity index (χ2n) is 7.54. The minimum Gasteiger partial charge on any atom is -0.309 e. The Kier molecular flexibility index (Phi) is 4.19. The van der Waals surface area contributed by atoms with Gasteiger partial charge in [-0.2, -0.15) is 0 Å². The standard InChI is InChI=1S/C17H32N2/c1-2-16(8-6-7-9-16)14-19-13-12-18-17(15-19)10-4-3-5-11-17/h18H,2-15H2,1H3. The van der Waals surface area contributed by atoms with Gasteiger partial charge in [-0.05, 0) is 37.5 Å². The van der Waals surface area contributed by atoms with Gasteiger partial charge >= 0.3 is 0 Å². The van der Waals surface area contributed by atoms with Crippen LogP contribution >= 0.6 is 0 Å². The van der Waals surface area contributed by atoms with E-state index in [2.05, 4.69) is 17.1 Å². The van der Waals surface area contributed by atoms with E-state index in [1.165, 1.54) is 90.4 Å². The normalized spacial score (nSPS) is 30.8. The first kappa shape index (κ1) is 13.9. The highest BCUT2D eigenvalue weighted by molar-refractivity contribution is 4.98. The first-order valence-corrected chi connectivity index (χ1v) is 8.73. The van der Waals surface area contributed by atoms with Crippen LogP contribution in [0.4, 0.5) is 0 Å². The van der Waals surface area contributed by atoms with E-state index in [9.17, 15) is 0 Å². The van der Waals surface area contributed by atoms with E-state index in [0.717, 1.165) is 0 Å². The minimum absolute atomic E-state index is 0.490. The summed E-state index contributed by atoms with van der Waals surface area (Å²) in [6, 6.07) is 0. The molecule has 2 saturated carbocycles. The van der Waals surface area contributed by atoms with E-state index in [4.69, 9.17) is 0 Å². The summed E-state index contributed by atoms with van der Waals surface area (Å²) in [7, 11) is 0. The summed E-state index contributed by atoms with van der Waals surface area (Å²) < 4.78 is 0. The monoisotopic (exact) mass is 264 g/mol. The molecule has 0 atom stereocenters. The van der Waals surface area contributed by atoms with Crippen LogP contribution in [0.2, 0.25) is 0 Å². The van der Waals surface area contributed by atoms with Crippen molar-refractivity contribution in [3.63, 3.8) is 0 Å². The smallest absolute Gasteiger partial charge is 0.0309 e. The maximum atomic E-state index is 3.88. The third kappa shape index (κ3) is 3.00. The summed E-state index contributed by atoms with van der Waals surface area (Å²) >= 11 is 0. The van der Waals surface area contributed by atoms with Gasteiger partial charge in [0.1, 0.15) is 0 Å². The quantitative estimate of drug-likeness (QED) is 0.838. The van der Waals surface area contributed by atoms with E-state index in [-0.39, 0.29) is 0 Å². The molecule has 3 fully saturated rings. The molecule has 1 heterocycles. The van der Waals surface area contributed by atoms with Gasteiger partial charge in [0.25, 0.3) is 0 Å². The molecule has 3 rings (SSSR count). The maximum absolute atomic E-state index is 3.88. The Hall–Kier alpha value is -0.0800. The van der Waals surface area contributed by atoms with Crippen molar-refractivity contribution < 1.29 is 0 Å². The van der Waals surface area contributed by atoms with Gasteiger partial charge in [-0.25, -0.2) is 0 Å². The second-order valence-corrected chi connectivity index (χ2v) is 7.54. The zero-order valence-electron chi connectivity index (χ0n) is 12.8. The average molecular weight is 264 g/mol. The van der Waals surface area contributed by atoms with E-state index in [0.29, 0.717) is 11.0 Å². The van der Waals surface area contributed by atoms with Crippen molar-refractivity contribution in [3.8, 4) is 0 Å². The third-order valence-corrected chi connectivity index (χ3v) is 6.24. The number of nitrogens with one attached hydrogen (secondary N) is 1. The highest BCUT2D eigenvalue weighted by atomic mass is 15.2. The molecule has 0 aromatic carbocycles. The summed E-state index contributed by atoms with van der Waals surface area (Å²) in [6.07, 6.45) is 14.5. The summed E-state index contributed by atoms with van der Waals surface area (Å²) in [5.41, 5.74) is 1.16. The first-order chi connectivity index (χ1) is 9.26. The lowest BCUT2D eigenvalue weighted by atomic mass is 9.78. The van der Waals surface area contributed by atoms with Gasteiger partial charge in [-0.1, -0.05) is 39.0 Å². The molecular weight excluding hydrogens is 232 g/mol. The number of piperazine rings is 1. The van der Waals surface area contributed by atoms with E-state index in [1.807, 2.05) is 0 Å². The predicted molar refractivity (Wildman–Crippen MR) is 81.5 cm³/mol. The molecule has 2 heteroatoms. The van der Waals surface area contributed by atoms with E-state index >= 15 is 0 Å². The van der Waals surface area contributed by atoms with Crippen LogP contribution in [-0.2, 0) is 0 Å². The van der Waals surface area contributed by atoms with Crippen LogP contribution in [0.25, 0.3) is 0 Å². The summed E-state index contributed by atoms with van der Waals surface area (Å²) in [5.74, 6) is 0. The highest BCUT2D eigenvalue weighted by Gasteiger charge is 2.40. The number of nitrogens with zero attached hydrogens (tertiary/aromatic N) is 1. The Morgan fingerprint density at radius 1 is 0.947 bits per heavy atom. The van der Waals surface area contributed by atoms with E-state index < -0.39 is 0 Å². The molecule has 0 amide bonds. The van der Waals surface area contributed by atoms with Crippen LogP contribution < -0.4 is 5.32 Å². The van der Waals surface area contributed by atoms with Gasteiger partial charge < -0.3 is 5.32 Å². The van der Waals surface area contributed by atoms with Crippen molar-refractivity contribution in [2.24, 2.45) is 5.41 Å². The number of rotatable bonds is 3. The fraction of sp³-hybridized carbons (Fsp3) is 1.00. The molecule has 2 nitrogen and oxygen atoms in total. The first-order valence-electron chi connectivity index (χ1n) is 8.73. The van der Waals surface area contributed by atoms with Crippen LogP contribution in [0.15, 0.2) is 0 Å². The molecule has 3 aliphatic rings. The SMILES string of the molecule is CCC1(CN2CCNC3(CCCCC3)C2)CCCC1. The Morgan fingerprint density at radius 2 is 1.63 bits per heavy atom. The van der Waals surface area contributed by atoms with E-state index in [1.54, 1.807) is 0 Å². The maximum Gasteiger partial charge on any atom is 0.0309 e. The molecule has 1 spiro atoms. The van der Waals surface area contributed by atoms with Gasteiger partial charge in [-0.3, -0.25) is 4.90 Å². The molecule has 110 valence electrons. The van der Waals surface area contributed by atoms with Gasteiger partial charge in [0.2, 0.25) is 0 Å². The van der Waals surface area contributed by atoms with Crippen molar-refractivity contribution in [2.75, 3.05) is 26.2 Å². The fourth-order valence-electron chi connectivity index (χ4n) is 4.96. The summed E-state index contributed by atoms with van der Waals surface area (Å²) in [6.45, 7) is 7.63. The molecule has 0 aromatic rings. The third-order valence-electron chi connectivity index (χ3n) is 6.24. The van der Waals surface area contributed by atoms with Crippen LogP contribution in [0.5, 0.6) is 0 Å². The van der Waals surface area contributed by atoms with Crippen molar-refractivity contribution in [3.05, 3.63) is 0 Å². The average Bonchev–Trinajstić information content (AvgIpc) is 2.89. The van der Waals surface area contributed by atoms with Crippen molar-refractivity contribution in [1.82, 2.24) is 10.2 Å². The minimum atomic E-state index is 0.490. The topological polar surface area (TPSA) is 15.3 Å². The Balaban J connectivity index is 1.61. The van der Waals surface area contributed by atoms with Crippen LogP contribution in [0.3, 0.4) is 0 Å². The summed E-state index contributed by atoms with van der Waals surface area (Å²) in [5, 5.41) is 3.88. The molecule has 0 aromatic heterocycles. The lowest BCUT2D eigenvalue weighted by molar-refractivity contribution is 0.0607. The Labute approximate surface area is 119 Å².